The first kappa shape index (κ1) is 21.1. The Balaban J connectivity index is 1.23. The molecule has 7 nitrogen and oxygen atoms in total. The highest BCUT2D eigenvalue weighted by atomic mass is 19.1. The van der Waals surface area contributed by atoms with E-state index in [1.165, 1.54) is 17.7 Å². The Morgan fingerprint density at radius 2 is 1.68 bits per heavy atom. The second kappa shape index (κ2) is 9.80. The van der Waals surface area contributed by atoms with Crippen LogP contribution in [0.15, 0.2) is 54.6 Å². The van der Waals surface area contributed by atoms with Crippen LogP contribution < -0.4 is 5.32 Å². The topological polar surface area (TPSA) is 66.3 Å². The molecule has 2 aromatic carbocycles. The minimum atomic E-state index is -0.319. The number of nitrogens with zero attached hydrogens (tertiary/aromatic N) is 5. The van der Waals surface area contributed by atoms with Crippen molar-refractivity contribution in [1.29, 1.82) is 0 Å². The Kier molecular flexibility index (Phi) is 6.69. The number of aromatic nitrogens is 3. The van der Waals surface area contributed by atoms with Gasteiger partial charge in [0.2, 0.25) is 0 Å². The number of carbonyl (C=O) groups is 1. The Morgan fingerprint density at radius 1 is 1.00 bits per heavy atom. The van der Waals surface area contributed by atoms with Crippen molar-refractivity contribution in [3.05, 3.63) is 77.4 Å². The van der Waals surface area contributed by atoms with E-state index in [1.54, 1.807) is 23.7 Å². The van der Waals surface area contributed by atoms with Gasteiger partial charge in [-0.3, -0.25) is 14.6 Å². The van der Waals surface area contributed by atoms with Crippen molar-refractivity contribution in [3.8, 4) is 5.69 Å². The number of carbonyl (C=O) groups excluding carboxylic acids is 1. The molecule has 162 valence electrons. The van der Waals surface area contributed by atoms with Gasteiger partial charge in [0, 0.05) is 45.8 Å². The second-order valence-electron chi connectivity index (χ2n) is 7.77. The summed E-state index contributed by atoms with van der Waals surface area (Å²) in [6, 6.07) is 16.5. The summed E-state index contributed by atoms with van der Waals surface area (Å²) in [5.41, 5.74) is 2.92. The first-order valence-electron chi connectivity index (χ1n) is 10.6. The minimum Gasteiger partial charge on any atom is -0.349 e. The molecule has 0 spiro atoms. The molecule has 0 atom stereocenters. The largest absolute Gasteiger partial charge is 0.349 e. The molecule has 1 saturated heterocycles. The van der Waals surface area contributed by atoms with Gasteiger partial charge in [0.15, 0.2) is 5.69 Å². The first-order valence-corrected chi connectivity index (χ1v) is 10.6. The number of hydrogen-bond donors (Lipinski definition) is 1. The molecule has 3 aromatic rings. The van der Waals surface area contributed by atoms with Crippen LogP contribution in [-0.2, 0) is 6.54 Å². The Hall–Kier alpha value is -3.10. The lowest BCUT2D eigenvalue weighted by Gasteiger charge is -2.34. The van der Waals surface area contributed by atoms with E-state index < -0.39 is 0 Å². The Bertz CT molecular complexity index is 997. The first-order chi connectivity index (χ1) is 15.1. The zero-order valence-electron chi connectivity index (χ0n) is 17.7. The van der Waals surface area contributed by atoms with E-state index in [9.17, 15) is 9.18 Å². The number of amides is 1. The second-order valence-corrected chi connectivity index (χ2v) is 7.77. The maximum absolute atomic E-state index is 13.1. The molecule has 0 radical (unpaired) electrons. The van der Waals surface area contributed by atoms with Gasteiger partial charge in [-0.25, -0.2) is 9.07 Å². The smallest absolute Gasteiger partial charge is 0.273 e. The summed E-state index contributed by atoms with van der Waals surface area (Å²) in [5, 5.41) is 11.0. The molecular weight excluding hydrogens is 395 g/mol. The van der Waals surface area contributed by atoms with E-state index in [1.807, 2.05) is 6.07 Å². The van der Waals surface area contributed by atoms with Crippen LogP contribution in [0.4, 0.5) is 4.39 Å². The lowest BCUT2D eigenvalue weighted by Crippen LogP contribution is -2.48. The molecule has 0 aliphatic carbocycles. The third-order valence-corrected chi connectivity index (χ3v) is 5.61. The fourth-order valence-electron chi connectivity index (χ4n) is 3.79. The van der Waals surface area contributed by atoms with Crippen LogP contribution in [0, 0.1) is 12.7 Å². The highest BCUT2D eigenvalue weighted by molar-refractivity contribution is 5.93. The maximum atomic E-state index is 13.1. The molecule has 8 heteroatoms. The van der Waals surface area contributed by atoms with Gasteiger partial charge in [0.05, 0.1) is 11.4 Å². The normalized spacial score (nSPS) is 15.2. The van der Waals surface area contributed by atoms with Crippen molar-refractivity contribution in [1.82, 2.24) is 30.1 Å². The number of halogens is 1. The molecule has 1 aromatic heterocycles. The van der Waals surface area contributed by atoms with Crippen molar-refractivity contribution >= 4 is 5.91 Å². The molecule has 2 heterocycles. The summed E-state index contributed by atoms with van der Waals surface area (Å²) in [6.45, 7) is 8.14. The number of benzene rings is 2. The third-order valence-electron chi connectivity index (χ3n) is 5.61. The summed E-state index contributed by atoms with van der Waals surface area (Å²) in [7, 11) is 0. The van der Waals surface area contributed by atoms with Crippen LogP contribution in [0.25, 0.3) is 5.69 Å². The number of nitrogens with one attached hydrogen (secondary N) is 1. The molecule has 1 aliphatic rings. The van der Waals surface area contributed by atoms with Crippen molar-refractivity contribution in [2.75, 3.05) is 39.3 Å². The highest BCUT2D eigenvalue weighted by Gasteiger charge is 2.19. The minimum absolute atomic E-state index is 0.242. The predicted octanol–water partition coefficient (Wildman–Crippen LogP) is 2.26. The van der Waals surface area contributed by atoms with Gasteiger partial charge in [0.25, 0.3) is 5.91 Å². The van der Waals surface area contributed by atoms with Crippen LogP contribution in [0.3, 0.4) is 0 Å². The highest BCUT2D eigenvalue weighted by Crippen LogP contribution is 2.13. The zero-order chi connectivity index (χ0) is 21.6. The summed E-state index contributed by atoms with van der Waals surface area (Å²) in [5.74, 6) is -0.561. The molecule has 1 N–H and O–H groups in total. The molecule has 0 saturated carbocycles. The van der Waals surface area contributed by atoms with Crippen LogP contribution in [-0.4, -0.2) is 70.0 Å². The molecule has 0 bridgehead atoms. The van der Waals surface area contributed by atoms with Crippen molar-refractivity contribution in [3.63, 3.8) is 0 Å². The molecule has 1 fully saturated rings. The SMILES string of the molecule is Cc1c(C(=O)NCCN2CCN(Cc3ccccc3)CC2)nnn1-c1ccc(F)cc1. The lowest BCUT2D eigenvalue weighted by atomic mass is 10.2. The molecule has 1 amide bonds. The van der Waals surface area contributed by atoms with Crippen molar-refractivity contribution < 1.29 is 9.18 Å². The van der Waals surface area contributed by atoms with E-state index in [0.29, 0.717) is 17.9 Å². The predicted molar refractivity (Wildman–Crippen MR) is 117 cm³/mol. The molecule has 31 heavy (non-hydrogen) atoms. The van der Waals surface area contributed by atoms with Crippen LogP contribution >= 0.6 is 0 Å². The quantitative estimate of drug-likeness (QED) is 0.633. The fraction of sp³-hybridized carbons (Fsp3) is 0.348. The van der Waals surface area contributed by atoms with E-state index in [-0.39, 0.29) is 17.4 Å². The lowest BCUT2D eigenvalue weighted by molar-refractivity contribution is 0.0928. The van der Waals surface area contributed by atoms with Crippen molar-refractivity contribution in [2.24, 2.45) is 0 Å². The van der Waals surface area contributed by atoms with E-state index in [0.717, 1.165) is 39.3 Å². The maximum Gasteiger partial charge on any atom is 0.273 e. The van der Waals surface area contributed by atoms with Crippen LogP contribution in [0.1, 0.15) is 21.7 Å². The van der Waals surface area contributed by atoms with Gasteiger partial charge < -0.3 is 5.32 Å². The van der Waals surface area contributed by atoms with Crippen LogP contribution in [0.2, 0.25) is 0 Å². The monoisotopic (exact) mass is 422 g/mol. The van der Waals surface area contributed by atoms with E-state index >= 15 is 0 Å². The van der Waals surface area contributed by atoms with Gasteiger partial charge in [-0.05, 0) is 36.8 Å². The fourth-order valence-corrected chi connectivity index (χ4v) is 3.79. The molecule has 0 unspecified atom stereocenters. The van der Waals surface area contributed by atoms with Gasteiger partial charge >= 0.3 is 0 Å². The Labute approximate surface area is 181 Å². The third kappa shape index (κ3) is 5.34. The van der Waals surface area contributed by atoms with E-state index in [2.05, 4.69) is 49.7 Å². The summed E-state index contributed by atoms with van der Waals surface area (Å²) in [4.78, 5) is 17.4. The number of rotatable bonds is 7. The summed E-state index contributed by atoms with van der Waals surface area (Å²) in [6.07, 6.45) is 0. The number of hydrogen-bond acceptors (Lipinski definition) is 5. The number of piperazine rings is 1. The molecular formula is C23H27FN6O. The van der Waals surface area contributed by atoms with Crippen molar-refractivity contribution in [2.45, 2.75) is 13.5 Å². The average Bonchev–Trinajstić information content (AvgIpc) is 3.17. The Morgan fingerprint density at radius 3 is 2.39 bits per heavy atom. The summed E-state index contributed by atoms with van der Waals surface area (Å²) >= 11 is 0. The molecule has 4 rings (SSSR count). The van der Waals surface area contributed by atoms with Crippen LogP contribution in [0.5, 0.6) is 0 Å². The standard InChI is InChI=1S/C23H27FN6O/c1-18-22(26-27-30(18)21-9-7-20(24)8-10-21)23(31)25-11-12-28-13-15-29(16-14-28)17-19-5-3-2-4-6-19/h2-10H,11-17H2,1H3,(H,25,31). The van der Waals surface area contributed by atoms with Gasteiger partial charge in [-0.2, -0.15) is 0 Å². The van der Waals surface area contributed by atoms with E-state index in [4.69, 9.17) is 0 Å². The zero-order valence-corrected chi connectivity index (χ0v) is 17.7. The van der Waals surface area contributed by atoms with Gasteiger partial charge in [-0.15, -0.1) is 5.10 Å². The van der Waals surface area contributed by atoms with Gasteiger partial charge in [-0.1, -0.05) is 35.5 Å². The van der Waals surface area contributed by atoms with Gasteiger partial charge in [0.1, 0.15) is 5.82 Å². The summed E-state index contributed by atoms with van der Waals surface area (Å²) < 4.78 is 14.7. The molecule has 1 aliphatic heterocycles. The average molecular weight is 423 g/mol.